The van der Waals surface area contributed by atoms with Crippen molar-refractivity contribution in [3.63, 3.8) is 0 Å². The van der Waals surface area contributed by atoms with Gasteiger partial charge in [-0.3, -0.25) is 4.79 Å². The molecule has 0 aliphatic carbocycles. The molecule has 2 rings (SSSR count). The zero-order valence-corrected chi connectivity index (χ0v) is 10.2. The van der Waals surface area contributed by atoms with E-state index in [4.69, 9.17) is 0 Å². The van der Waals surface area contributed by atoms with Gasteiger partial charge in [-0.2, -0.15) is 5.10 Å². The second-order valence-electron chi connectivity index (χ2n) is 3.13. The van der Waals surface area contributed by atoms with Crippen molar-refractivity contribution in [3.05, 3.63) is 39.4 Å². The van der Waals surface area contributed by atoms with Crippen LogP contribution in [0.15, 0.2) is 24.7 Å². The van der Waals surface area contributed by atoms with Crippen LogP contribution in [0.25, 0.3) is 5.82 Å². The molecule has 0 spiro atoms. The fourth-order valence-corrected chi connectivity index (χ4v) is 1.70. The van der Waals surface area contributed by atoms with Crippen molar-refractivity contribution in [1.29, 1.82) is 0 Å². The molecule has 0 N–H and O–H groups in total. The third-order valence-electron chi connectivity index (χ3n) is 1.98. The molecule has 0 saturated carbocycles. The molecule has 0 unspecified atom stereocenters. The summed E-state index contributed by atoms with van der Waals surface area (Å²) >= 11 is 2.19. The van der Waals surface area contributed by atoms with Crippen LogP contribution in [-0.4, -0.2) is 21.1 Å². The maximum Gasteiger partial charge on any atom is 0.156 e. The Morgan fingerprint density at radius 1 is 1.47 bits per heavy atom. The molecule has 0 fully saturated rings. The molecule has 4 nitrogen and oxygen atoms in total. The van der Waals surface area contributed by atoms with E-state index in [1.807, 2.05) is 13.1 Å². The number of carbonyl (C=O) groups excluding carboxylic acids is 1. The van der Waals surface area contributed by atoms with E-state index in [1.54, 1.807) is 23.1 Å². The number of carbonyl (C=O) groups is 1. The fraction of sp³-hybridized carbons (Fsp3) is 0.100. The Bertz CT molecular complexity index is 507. The third-order valence-corrected chi connectivity index (χ3v) is 2.53. The van der Waals surface area contributed by atoms with Gasteiger partial charge in [-0.1, -0.05) is 0 Å². The van der Waals surface area contributed by atoms with Crippen LogP contribution in [0, 0.1) is 10.5 Å². The van der Waals surface area contributed by atoms with Gasteiger partial charge in [0.25, 0.3) is 0 Å². The largest absolute Gasteiger partial charge is 0.298 e. The zero-order valence-electron chi connectivity index (χ0n) is 8.01. The molecule has 0 aromatic carbocycles. The van der Waals surface area contributed by atoms with Crippen LogP contribution in [0.3, 0.4) is 0 Å². The molecule has 0 atom stereocenters. The van der Waals surface area contributed by atoms with E-state index in [-0.39, 0.29) is 0 Å². The monoisotopic (exact) mass is 313 g/mol. The van der Waals surface area contributed by atoms with E-state index in [9.17, 15) is 4.79 Å². The van der Waals surface area contributed by atoms with Gasteiger partial charge in [0.2, 0.25) is 0 Å². The minimum atomic E-state index is 0.582. The van der Waals surface area contributed by atoms with Crippen molar-refractivity contribution in [2.75, 3.05) is 0 Å². The summed E-state index contributed by atoms with van der Waals surface area (Å²) < 4.78 is 2.75. The molecule has 15 heavy (non-hydrogen) atoms. The van der Waals surface area contributed by atoms with Gasteiger partial charge < -0.3 is 0 Å². The van der Waals surface area contributed by atoms with E-state index in [0.29, 0.717) is 5.56 Å². The highest BCUT2D eigenvalue weighted by Gasteiger charge is 2.04. The van der Waals surface area contributed by atoms with E-state index in [0.717, 1.165) is 21.2 Å². The van der Waals surface area contributed by atoms with Gasteiger partial charge in [0, 0.05) is 18.0 Å². The summed E-state index contributed by atoms with van der Waals surface area (Å²) in [5.74, 6) is 0.753. The lowest BCUT2D eigenvalue weighted by molar-refractivity contribution is 0.112. The second-order valence-corrected chi connectivity index (χ2v) is 4.38. The van der Waals surface area contributed by atoms with E-state index < -0.39 is 0 Å². The Labute approximate surface area is 100 Å². The number of aryl methyl sites for hydroxylation is 1. The summed E-state index contributed by atoms with van der Waals surface area (Å²) in [4.78, 5) is 14.7. The number of hydrogen-bond donors (Lipinski definition) is 0. The lowest BCUT2D eigenvalue weighted by Gasteiger charge is -2.04. The topological polar surface area (TPSA) is 47.8 Å². The molecule has 0 aliphatic rings. The molecule has 76 valence electrons. The van der Waals surface area contributed by atoms with Gasteiger partial charge in [0.1, 0.15) is 0 Å². The normalized spacial score (nSPS) is 10.3. The first-order chi connectivity index (χ1) is 7.20. The molecule has 2 aromatic heterocycles. The minimum Gasteiger partial charge on any atom is -0.298 e. The van der Waals surface area contributed by atoms with Gasteiger partial charge >= 0.3 is 0 Å². The standard InChI is InChI=1S/C10H8IN3O/c1-7-2-8(6-15)3-12-10(7)14-5-9(11)4-13-14/h2-6H,1H3. The molecule has 5 heteroatoms. The molecule has 0 bridgehead atoms. The third kappa shape index (κ3) is 2.06. The van der Waals surface area contributed by atoms with Crippen molar-refractivity contribution in [2.24, 2.45) is 0 Å². The van der Waals surface area contributed by atoms with Crippen molar-refractivity contribution in [3.8, 4) is 5.82 Å². The van der Waals surface area contributed by atoms with Crippen LogP contribution in [0.1, 0.15) is 15.9 Å². The summed E-state index contributed by atoms with van der Waals surface area (Å²) in [5.41, 5.74) is 1.51. The smallest absolute Gasteiger partial charge is 0.156 e. The Morgan fingerprint density at radius 3 is 2.80 bits per heavy atom. The predicted octanol–water partition coefficient (Wildman–Crippen LogP) is 1.99. The van der Waals surface area contributed by atoms with Crippen LogP contribution in [0.5, 0.6) is 0 Å². The van der Waals surface area contributed by atoms with Crippen LogP contribution >= 0.6 is 22.6 Å². The maximum absolute atomic E-state index is 10.5. The number of rotatable bonds is 2. The number of aldehydes is 1. The van der Waals surface area contributed by atoms with Crippen molar-refractivity contribution >= 4 is 28.9 Å². The molecular weight excluding hydrogens is 305 g/mol. The second kappa shape index (κ2) is 4.09. The Morgan fingerprint density at radius 2 is 2.27 bits per heavy atom. The lowest BCUT2D eigenvalue weighted by atomic mass is 10.2. The molecule has 0 amide bonds. The van der Waals surface area contributed by atoms with Crippen LogP contribution in [0.4, 0.5) is 0 Å². The zero-order chi connectivity index (χ0) is 10.8. The molecule has 2 aromatic rings. The fourth-order valence-electron chi connectivity index (χ4n) is 1.31. The minimum absolute atomic E-state index is 0.582. The number of aromatic nitrogens is 3. The first-order valence-electron chi connectivity index (χ1n) is 4.33. The van der Waals surface area contributed by atoms with Gasteiger partial charge in [0.15, 0.2) is 12.1 Å². The van der Waals surface area contributed by atoms with Gasteiger partial charge in [-0.25, -0.2) is 9.67 Å². The first kappa shape index (κ1) is 10.3. The maximum atomic E-state index is 10.5. The SMILES string of the molecule is Cc1cc(C=O)cnc1-n1cc(I)cn1. The molecule has 2 heterocycles. The number of hydrogen-bond acceptors (Lipinski definition) is 3. The Kier molecular flexibility index (Phi) is 2.81. The van der Waals surface area contributed by atoms with E-state index >= 15 is 0 Å². The summed E-state index contributed by atoms with van der Waals surface area (Å²) in [5, 5.41) is 4.16. The number of halogens is 1. The van der Waals surface area contributed by atoms with Crippen molar-refractivity contribution in [2.45, 2.75) is 6.92 Å². The van der Waals surface area contributed by atoms with E-state index in [2.05, 4.69) is 32.7 Å². The summed E-state index contributed by atoms with van der Waals surface area (Å²) in [6.07, 6.45) is 5.98. The number of nitrogens with zero attached hydrogens (tertiary/aromatic N) is 3. The molecule has 0 aliphatic heterocycles. The molecular formula is C10H8IN3O. The summed E-state index contributed by atoms with van der Waals surface area (Å²) in [7, 11) is 0. The van der Waals surface area contributed by atoms with Gasteiger partial charge in [0.05, 0.1) is 9.77 Å². The summed E-state index contributed by atoms with van der Waals surface area (Å²) in [6.45, 7) is 1.91. The average Bonchev–Trinajstić information content (AvgIpc) is 2.64. The lowest BCUT2D eigenvalue weighted by Crippen LogP contribution is -2.01. The van der Waals surface area contributed by atoms with Gasteiger partial charge in [-0.05, 0) is 41.1 Å². The highest BCUT2D eigenvalue weighted by atomic mass is 127. The van der Waals surface area contributed by atoms with Crippen LogP contribution < -0.4 is 0 Å². The quantitative estimate of drug-likeness (QED) is 0.629. The number of pyridine rings is 1. The van der Waals surface area contributed by atoms with Crippen molar-refractivity contribution in [1.82, 2.24) is 14.8 Å². The van der Waals surface area contributed by atoms with Gasteiger partial charge in [-0.15, -0.1) is 0 Å². The van der Waals surface area contributed by atoms with Crippen LogP contribution in [0.2, 0.25) is 0 Å². The predicted molar refractivity (Wildman–Crippen MR) is 64.2 cm³/mol. The van der Waals surface area contributed by atoms with E-state index in [1.165, 1.54) is 0 Å². The van der Waals surface area contributed by atoms with Crippen LogP contribution in [-0.2, 0) is 0 Å². The average molecular weight is 313 g/mol. The molecule has 0 saturated heterocycles. The molecule has 0 radical (unpaired) electrons. The highest BCUT2D eigenvalue weighted by Crippen LogP contribution is 2.12. The highest BCUT2D eigenvalue weighted by molar-refractivity contribution is 14.1. The first-order valence-corrected chi connectivity index (χ1v) is 5.41. The summed E-state index contributed by atoms with van der Waals surface area (Å²) in [6, 6.07) is 1.80. The Balaban J connectivity index is 2.49. The Hall–Kier alpha value is -1.24. The van der Waals surface area contributed by atoms with Crippen molar-refractivity contribution < 1.29 is 4.79 Å².